The first-order valence-corrected chi connectivity index (χ1v) is 7.15. The van der Waals surface area contributed by atoms with Crippen LogP contribution in [0.25, 0.3) is 0 Å². The second-order valence-corrected chi connectivity index (χ2v) is 5.95. The molecule has 4 nitrogen and oxygen atoms in total. The Morgan fingerprint density at radius 2 is 2.00 bits per heavy atom. The number of amides is 1. The van der Waals surface area contributed by atoms with E-state index in [1.165, 1.54) is 25.9 Å². The Hall–Kier alpha value is -0.610. The third-order valence-corrected chi connectivity index (χ3v) is 4.28. The molecule has 2 heterocycles. The molecule has 0 spiro atoms. The van der Waals surface area contributed by atoms with Crippen molar-refractivity contribution in [3.63, 3.8) is 0 Å². The summed E-state index contributed by atoms with van der Waals surface area (Å²) in [4.78, 5) is 16.4. The van der Waals surface area contributed by atoms with E-state index in [1.54, 1.807) is 0 Å². The van der Waals surface area contributed by atoms with Crippen LogP contribution in [0.4, 0.5) is 0 Å². The van der Waals surface area contributed by atoms with Gasteiger partial charge in [0.15, 0.2) is 0 Å². The predicted molar refractivity (Wildman–Crippen MR) is 71.4 cm³/mol. The quantitative estimate of drug-likeness (QED) is 0.756. The van der Waals surface area contributed by atoms with Crippen molar-refractivity contribution >= 4 is 5.91 Å². The minimum absolute atomic E-state index is 0.296. The Labute approximate surface area is 110 Å². The number of hydrogen-bond donors (Lipinski definition) is 0. The van der Waals surface area contributed by atoms with Crippen molar-refractivity contribution in [3.05, 3.63) is 0 Å². The largest absolute Gasteiger partial charge is 0.381 e. The fraction of sp³-hybridized carbons (Fsp3) is 0.929. The van der Waals surface area contributed by atoms with Gasteiger partial charge in [-0.25, -0.2) is 0 Å². The van der Waals surface area contributed by atoms with Crippen molar-refractivity contribution in [2.45, 2.75) is 25.7 Å². The molecule has 2 rings (SSSR count). The average Bonchev–Trinajstić information content (AvgIpc) is 2.85. The Morgan fingerprint density at radius 1 is 1.28 bits per heavy atom. The van der Waals surface area contributed by atoms with E-state index in [0.717, 1.165) is 26.2 Å². The molecular weight excluding hydrogens is 228 g/mol. The lowest BCUT2D eigenvalue weighted by Gasteiger charge is -2.32. The molecule has 2 saturated heterocycles. The third kappa shape index (κ3) is 3.95. The van der Waals surface area contributed by atoms with E-state index < -0.39 is 0 Å². The fourth-order valence-electron chi connectivity index (χ4n) is 2.88. The van der Waals surface area contributed by atoms with E-state index in [4.69, 9.17) is 4.74 Å². The van der Waals surface area contributed by atoms with Crippen LogP contribution in [0.5, 0.6) is 0 Å². The van der Waals surface area contributed by atoms with Gasteiger partial charge in [0, 0.05) is 33.2 Å². The first kappa shape index (κ1) is 13.8. The molecule has 2 aliphatic heterocycles. The zero-order chi connectivity index (χ0) is 13.0. The summed E-state index contributed by atoms with van der Waals surface area (Å²) in [5.41, 5.74) is 0. The summed E-state index contributed by atoms with van der Waals surface area (Å²) in [5.74, 6) is 1.44. The number of piperidine rings is 1. The first-order valence-electron chi connectivity index (χ1n) is 7.15. The van der Waals surface area contributed by atoms with E-state index in [0.29, 0.717) is 24.2 Å². The molecule has 4 heteroatoms. The van der Waals surface area contributed by atoms with Gasteiger partial charge in [-0.2, -0.15) is 0 Å². The van der Waals surface area contributed by atoms with Crippen molar-refractivity contribution < 1.29 is 9.53 Å². The highest BCUT2D eigenvalue weighted by atomic mass is 16.5. The highest BCUT2D eigenvalue weighted by molar-refractivity contribution is 5.76. The molecule has 2 aliphatic rings. The number of likely N-dealkylation sites (tertiary alicyclic amines) is 1. The lowest BCUT2D eigenvalue weighted by atomic mass is 9.96. The summed E-state index contributed by atoms with van der Waals surface area (Å²) in [6.45, 7) is 4.87. The summed E-state index contributed by atoms with van der Waals surface area (Å²) in [5, 5.41) is 0. The van der Waals surface area contributed by atoms with E-state index in [2.05, 4.69) is 11.9 Å². The van der Waals surface area contributed by atoms with Crippen LogP contribution in [0.3, 0.4) is 0 Å². The molecule has 2 fully saturated rings. The van der Waals surface area contributed by atoms with Crippen LogP contribution in [-0.2, 0) is 9.53 Å². The van der Waals surface area contributed by atoms with Crippen molar-refractivity contribution in [1.29, 1.82) is 0 Å². The first-order chi connectivity index (χ1) is 8.65. The Kier molecular flexibility index (Phi) is 5.01. The standard InChI is InChI=1S/C14H26N2O2/c1-15-6-3-12(4-7-15)10-16(2)14(17)9-13-5-8-18-11-13/h12-13H,3-11H2,1-2H3/t13-/m0/s1. The maximum absolute atomic E-state index is 12.1. The molecular formula is C14H26N2O2. The van der Waals surface area contributed by atoms with Crippen LogP contribution in [0.2, 0.25) is 0 Å². The number of ether oxygens (including phenoxy) is 1. The summed E-state index contributed by atoms with van der Waals surface area (Å²) >= 11 is 0. The normalized spacial score (nSPS) is 26.4. The fourth-order valence-corrected chi connectivity index (χ4v) is 2.88. The molecule has 0 saturated carbocycles. The number of carbonyl (C=O) groups is 1. The van der Waals surface area contributed by atoms with E-state index in [-0.39, 0.29) is 0 Å². The number of hydrogen-bond acceptors (Lipinski definition) is 3. The van der Waals surface area contributed by atoms with Crippen LogP contribution in [-0.4, -0.2) is 62.7 Å². The third-order valence-electron chi connectivity index (χ3n) is 4.28. The SMILES string of the molecule is CN1CCC(CN(C)C(=O)C[C@@H]2CCOC2)CC1. The lowest BCUT2D eigenvalue weighted by Crippen LogP contribution is -2.38. The van der Waals surface area contributed by atoms with Gasteiger partial charge in [0.2, 0.25) is 5.91 Å². The van der Waals surface area contributed by atoms with Gasteiger partial charge in [-0.3, -0.25) is 4.79 Å². The number of nitrogens with zero attached hydrogens (tertiary/aromatic N) is 2. The monoisotopic (exact) mass is 254 g/mol. The minimum Gasteiger partial charge on any atom is -0.381 e. The van der Waals surface area contributed by atoms with Crippen LogP contribution in [0.1, 0.15) is 25.7 Å². The zero-order valence-corrected chi connectivity index (χ0v) is 11.7. The highest BCUT2D eigenvalue weighted by Crippen LogP contribution is 2.20. The molecule has 0 N–H and O–H groups in total. The molecule has 104 valence electrons. The summed E-state index contributed by atoms with van der Waals surface area (Å²) in [7, 11) is 4.13. The lowest BCUT2D eigenvalue weighted by molar-refractivity contribution is -0.131. The molecule has 0 aliphatic carbocycles. The molecule has 18 heavy (non-hydrogen) atoms. The summed E-state index contributed by atoms with van der Waals surface area (Å²) in [6.07, 6.45) is 4.16. The summed E-state index contributed by atoms with van der Waals surface area (Å²) < 4.78 is 5.32. The van der Waals surface area contributed by atoms with Gasteiger partial charge >= 0.3 is 0 Å². The molecule has 0 bridgehead atoms. The molecule has 1 atom stereocenters. The smallest absolute Gasteiger partial charge is 0.222 e. The van der Waals surface area contributed by atoms with Gasteiger partial charge in [-0.1, -0.05) is 0 Å². The minimum atomic E-state index is 0.296. The topological polar surface area (TPSA) is 32.8 Å². The van der Waals surface area contributed by atoms with Crippen LogP contribution in [0.15, 0.2) is 0 Å². The highest BCUT2D eigenvalue weighted by Gasteiger charge is 2.23. The Morgan fingerprint density at radius 3 is 2.61 bits per heavy atom. The second-order valence-electron chi connectivity index (χ2n) is 5.95. The molecule has 0 radical (unpaired) electrons. The van der Waals surface area contributed by atoms with Crippen molar-refractivity contribution in [2.24, 2.45) is 11.8 Å². The van der Waals surface area contributed by atoms with Gasteiger partial charge in [0.05, 0.1) is 0 Å². The maximum atomic E-state index is 12.1. The van der Waals surface area contributed by atoms with E-state index >= 15 is 0 Å². The summed E-state index contributed by atoms with van der Waals surface area (Å²) in [6, 6.07) is 0. The Bertz CT molecular complexity index is 269. The Balaban J connectivity index is 1.69. The van der Waals surface area contributed by atoms with Gasteiger partial charge in [0.25, 0.3) is 0 Å². The van der Waals surface area contributed by atoms with E-state index in [1.807, 2.05) is 11.9 Å². The van der Waals surface area contributed by atoms with E-state index in [9.17, 15) is 4.79 Å². The zero-order valence-electron chi connectivity index (χ0n) is 11.7. The molecule has 0 unspecified atom stereocenters. The average molecular weight is 254 g/mol. The molecule has 0 aromatic rings. The molecule has 1 amide bonds. The van der Waals surface area contributed by atoms with Gasteiger partial charge in [-0.15, -0.1) is 0 Å². The second kappa shape index (κ2) is 6.53. The number of carbonyl (C=O) groups excluding carboxylic acids is 1. The van der Waals surface area contributed by atoms with Crippen LogP contribution in [0, 0.1) is 11.8 Å². The van der Waals surface area contributed by atoms with Gasteiger partial charge < -0.3 is 14.5 Å². The van der Waals surface area contributed by atoms with Crippen LogP contribution >= 0.6 is 0 Å². The number of rotatable bonds is 4. The van der Waals surface area contributed by atoms with Crippen molar-refractivity contribution in [2.75, 3.05) is 46.9 Å². The van der Waals surface area contributed by atoms with Gasteiger partial charge in [0.1, 0.15) is 0 Å². The predicted octanol–water partition coefficient (Wildman–Crippen LogP) is 1.21. The van der Waals surface area contributed by atoms with Gasteiger partial charge in [-0.05, 0) is 51.2 Å². The maximum Gasteiger partial charge on any atom is 0.222 e. The van der Waals surface area contributed by atoms with Crippen molar-refractivity contribution in [3.8, 4) is 0 Å². The van der Waals surface area contributed by atoms with Crippen LogP contribution < -0.4 is 0 Å². The van der Waals surface area contributed by atoms with Crippen molar-refractivity contribution in [1.82, 2.24) is 9.80 Å². The molecule has 0 aromatic carbocycles. The molecule has 0 aromatic heterocycles.